The molecule has 29 heavy (non-hydrogen) atoms. The van der Waals surface area contributed by atoms with E-state index in [1.165, 1.54) is 6.26 Å². The molecule has 0 aliphatic carbocycles. The standard InChI is InChI=1S/C18H20F3N5O2S/c1-11(2)14-10-25(9-12-4-6-13(7-5-12)29(3,22)28)17-23-15(8-18(19,20)21)24-26(17)16(14)27/h4-7,10-11,22H,8-9H2,1-3H3. The summed E-state index contributed by atoms with van der Waals surface area (Å²) in [6, 6.07) is 6.52. The zero-order valence-corrected chi connectivity index (χ0v) is 16.8. The average molecular weight is 427 g/mol. The van der Waals surface area contributed by atoms with Crippen molar-refractivity contribution >= 4 is 15.5 Å². The Labute approximate surface area is 165 Å². The van der Waals surface area contributed by atoms with E-state index < -0.39 is 33.7 Å². The maximum atomic E-state index is 12.7. The molecule has 7 nitrogen and oxygen atoms in total. The molecule has 2 aromatic heterocycles. The van der Waals surface area contributed by atoms with Gasteiger partial charge < -0.3 is 4.57 Å². The van der Waals surface area contributed by atoms with Crippen molar-refractivity contribution in [2.75, 3.05) is 6.26 Å². The lowest BCUT2D eigenvalue weighted by molar-refractivity contribution is -0.128. The van der Waals surface area contributed by atoms with Gasteiger partial charge in [-0.15, -0.1) is 5.10 Å². The van der Waals surface area contributed by atoms with Crippen LogP contribution >= 0.6 is 0 Å². The number of nitrogens with zero attached hydrogens (tertiary/aromatic N) is 4. The molecule has 0 aliphatic heterocycles. The van der Waals surface area contributed by atoms with Crippen molar-refractivity contribution in [2.45, 2.75) is 43.8 Å². The van der Waals surface area contributed by atoms with Crippen LogP contribution < -0.4 is 5.56 Å². The van der Waals surface area contributed by atoms with Gasteiger partial charge in [0.2, 0.25) is 5.78 Å². The van der Waals surface area contributed by atoms with Gasteiger partial charge in [0, 0.05) is 22.9 Å². The first-order valence-corrected chi connectivity index (χ1v) is 10.7. The van der Waals surface area contributed by atoms with Crippen molar-refractivity contribution in [3.8, 4) is 0 Å². The molecule has 0 amide bonds. The summed E-state index contributed by atoms with van der Waals surface area (Å²) < 4.78 is 60.2. The second-order valence-electron chi connectivity index (χ2n) is 7.19. The fraction of sp³-hybridized carbons (Fsp3) is 0.389. The molecule has 0 fully saturated rings. The van der Waals surface area contributed by atoms with Gasteiger partial charge in [0.15, 0.2) is 5.82 Å². The molecule has 0 spiro atoms. The third-order valence-electron chi connectivity index (χ3n) is 4.33. The Bertz CT molecular complexity index is 1210. The molecular weight excluding hydrogens is 407 g/mol. The zero-order chi connectivity index (χ0) is 21.6. The highest BCUT2D eigenvalue weighted by molar-refractivity contribution is 7.91. The topological polar surface area (TPSA) is 93.1 Å². The van der Waals surface area contributed by atoms with Crippen LogP contribution in [-0.2, 0) is 22.7 Å². The lowest BCUT2D eigenvalue weighted by atomic mass is 10.1. The second kappa shape index (κ2) is 7.29. The van der Waals surface area contributed by atoms with E-state index in [9.17, 15) is 22.2 Å². The van der Waals surface area contributed by atoms with Gasteiger partial charge in [0.25, 0.3) is 5.56 Å². The largest absolute Gasteiger partial charge is 0.396 e. The molecule has 1 N–H and O–H groups in total. The molecule has 3 aromatic rings. The Balaban J connectivity index is 2.10. The summed E-state index contributed by atoms with van der Waals surface area (Å²) in [6.45, 7) is 3.83. The predicted molar refractivity (Wildman–Crippen MR) is 102 cm³/mol. The summed E-state index contributed by atoms with van der Waals surface area (Å²) in [4.78, 5) is 16.9. The van der Waals surface area contributed by atoms with E-state index in [0.717, 1.165) is 10.1 Å². The van der Waals surface area contributed by atoms with Crippen LogP contribution in [0.25, 0.3) is 5.78 Å². The first-order chi connectivity index (χ1) is 13.3. The molecule has 0 bridgehead atoms. The first kappa shape index (κ1) is 21.0. The van der Waals surface area contributed by atoms with Gasteiger partial charge >= 0.3 is 6.18 Å². The van der Waals surface area contributed by atoms with Crippen molar-refractivity contribution < 1.29 is 17.4 Å². The van der Waals surface area contributed by atoms with E-state index in [-0.39, 0.29) is 18.2 Å². The monoisotopic (exact) mass is 427 g/mol. The minimum Gasteiger partial charge on any atom is -0.312 e. The fourth-order valence-electron chi connectivity index (χ4n) is 2.89. The lowest BCUT2D eigenvalue weighted by Crippen LogP contribution is -2.24. The first-order valence-electron chi connectivity index (χ1n) is 8.73. The maximum absolute atomic E-state index is 12.7. The highest BCUT2D eigenvalue weighted by atomic mass is 32.2. The molecule has 0 radical (unpaired) electrons. The number of nitrogens with one attached hydrogen (secondary N) is 1. The number of hydrogen-bond acceptors (Lipinski definition) is 5. The Morgan fingerprint density at radius 3 is 2.34 bits per heavy atom. The Morgan fingerprint density at radius 2 is 1.83 bits per heavy atom. The van der Waals surface area contributed by atoms with Gasteiger partial charge in [-0.05, 0) is 23.6 Å². The molecule has 0 saturated heterocycles. The third kappa shape index (κ3) is 4.66. The molecule has 2 heterocycles. The summed E-state index contributed by atoms with van der Waals surface area (Å²) in [6.07, 6.45) is -2.91. The molecule has 3 rings (SSSR count). The third-order valence-corrected chi connectivity index (χ3v) is 5.50. The van der Waals surface area contributed by atoms with Crippen molar-refractivity contribution in [3.05, 3.63) is 57.8 Å². The molecule has 0 saturated carbocycles. The lowest BCUT2D eigenvalue weighted by Gasteiger charge is -2.12. The molecular formula is C18H20F3N5O2S. The van der Waals surface area contributed by atoms with Crippen LogP contribution in [0.1, 0.15) is 36.7 Å². The SMILES string of the molecule is CC(C)c1cn(Cc2ccc(S(C)(=N)=O)cc2)c2nc(CC(F)(F)F)nn2c1=O. The Kier molecular flexibility index (Phi) is 5.28. The summed E-state index contributed by atoms with van der Waals surface area (Å²) in [5.41, 5.74) is 0.654. The Hall–Kier alpha value is -2.69. The number of halogens is 3. The van der Waals surface area contributed by atoms with Crippen molar-refractivity contribution in [1.82, 2.24) is 19.2 Å². The van der Waals surface area contributed by atoms with Crippen LogP contribution in [-0.4, -0.2) is 35.8 Å². The van der Waals surface area contributed by atoms with Crippen LogP contribution in [0.3, 0.4) is 0 Å². The fourth-order valence-corrected chi connectivity index (χ4v) is 3.54. The molecule has 1 aromatic carbocycles. The van der Waals surface area contributed by atoms with Crippen LogP contribution in [0.5, 0.6) is 0 Å². The molecule has 1 atom stereocenters. The van der Waals surface area contributed by atoms with Gasteiger partial charge in [0.1, 0.15) is 6.42 Å². The summed E-state index contributed by atoms with van der Waals surface area (Å²) in [5, 5.41) is 3.78. The number of rotatable bonds is 5. The number of aromatic nitrogens is 4. The Morgan fingerprint density at radius 1 is 1.21 bits per heavy atom. The van der Waals surface area contributed by atoms with Crippen molar-refractivity contribution in [2.24, 2.45) is 0 Å². The van der Waals surface area contributed by atoms with Crippen molar-refractivity contribution in [3.63, 3.8) is 0 Å². The normalized spacial score (nSPS) is 14.4. The summed E-state index contributed by atoms with van der Waals surface area (Å²) in [7, 11) is -2.85. The number of hydrogen-bond donors (Lipinski definition) is 1. The van der Waals surface area contributed by atoms with Crippen LogP contribution in [0, 0.1) is 4.78 Å². The van der Waals surface area contributed by atoms with Gasteiger partial charge in [0.05, 0.1) is 16.3 Å². The predicted octanol–water partition coefficient (Wildman–Crippen LogP) is 3.20. The van der Waals surface area contributed by atoms with Gasteiger partial charge in [-0.25, -0.2) is 8.99 Å². The quantitative estimate of drug-likeness (QED) is 0.677. The zero-order valence-electron chi connectivity index (χ0n) is 16.0. The highest BCUT2D eigenvalue weighted by Gasteiger charge is 2.31. The number of alkyl halides is 3. The van der Waals surface area contributed by atoms with Gasteiger partial charge in [-0.3, -0.25) is 4.79 Å². The van der Waals surface area contributed by atoms with Crippen LogP contribution in [0.2, 0.25) is 0 Å². The molecule has 1 unspecified atom stereocenters. The van der Waals surface area contributed by atoms with Gasteiger partial charge in [-0.1, -0.05) is 26.0 Å². The molecule has 0 aliphatic rings. The van der Waals surface area contributed by atoms with Crippen molar-refractivity contribution in [1.29, 1.82) is 4.78 Å². The second-order valence-corrected chi connectivity index (χ2v) is 9.35. The summed E-state index contributed by atoms with van der Waals surface area (Å²) >= 11 is 0. The van der Waals surface area contributed by atoms with E-state index >= 15 is 0 Å². The maximum Gasteiger partial charge on any atom is 0.396 e. The van der Waals surface area contributed by atoms with Crippen LogP contribution in [0.15, 0.2) is 40.2 Å². The smallest absolute Gasteiger partial charge is 0.312 e. The number of fused-ring (bicyclic) bond motifs is 1. The van der Waals surface area contributed by atoms with Crippen LogP contribution in [0.4, 0.5) is 13.2 Å². The van der Waals surface area contributed by atoms with E-state index in [4.69, 9.17) is 4.78 Å². The van der Waals surface area contributed by atoms with E-state index in [1.54, 1.807) is 48.9 Å². The highest BCUT2D eigenvalue weighted by Crippen LogP contribution is 2.20. The average Bonchev–Trinajstić information content (AvgIpc) is 2.99. The minimum atomic E-state index is -4.49. The number of benzene rings is 1. The molecule has 156 valence electrons. The van der Waals surface area contributed by atoms with E-state index in [0.29, 0.717) is 10.5 Å². The van der Waals surface area contributed by atoms with E-state index in [1.807, 2.05) is 0 Å². The van der Waals surface area contributed by atoms with E-state index in [2.05, 4.69) is 10.1 Å². The van der Waals surface area contributed by atoms with Gasteiger partial charge in [-0.2, -0.15) is 22.7 Å². The summed E-state index contributed by atoms with van der Waals surface area (Å²) in [5.74, 6) is -0.620. The minimum absolute atomic E-state index is 0.0162. The molecule has 11 heteroatoms.